The molecule has 0 atom stereocenters. The first-order valence-electron chi connectivity index (χ1n) is 9.41. The fourth-order valence-corrected chi connectivity index (χ4v) is 3.96. The zero-order valence-electron chi connectivity index (χ0n) is 15.7. The molecule has 2 heterocycles. The van der Waals surface area contributed by atoms with Crippen molar-refractivity contribution in [2.45, 2.75) is 26.2 Å². The van der Waals surface area contributed by atoms with E-state index in [0.29, 0.717) is 37.5 Å². The van der Waals surface area contributed by atoms with E-state index in [4.69, 9.17) is 4.52 Å². The van der Waals surface area contributed by atoms with E-state index in [1.54, 1.807) is 11.3 Å². The summed E-state index contributed by atoms with van der Waals surface area (Å²) in [6, 6.07) is 18.1. The van der Waals surface area contributed by atoms with Gasteiger partial charge in [-0.3, -0.25) is 4.79 Å². The minimum Gasteiger partial charge on any atom is -0.339 e. The summed E-state index contributed by atoms with van der Waals surface area (Å²) in [7, 11) is 0. The lowest BCUT2D eigenvalue weighted by Gasteiger charge is -2.22. The van der Waals surface area contributed by atoms with Gasteiger partial charge in [-0.25, -0.2) is 0 Å². The van der Waals surface area contributed by atoms with Gasteiger partial charge in [0.05, 0.1) is 10.6 Å². The predicted molar refractivity (Wildman–Crippen MR) is 113 cm³/mol. The van der Waals surface area contributed by atoms with Crippen LogP contribution in [0.2, 0.25) is 0 Å². The number of aryl methyl sites for hydroxylation is 1. The molecule has 28 heavy (non-hydrogen) atoms. The minimum atomic E-state index is 0.108. The van der Waals surface area contributed by atoms with E-state index in [1.807, 2.05) is 53.6 Å². The lowest BCUT2D eigenvalue weighted by Crippen LogP contribution is -2.30. The molecule has 1 amide bonds. The maximum Gasteiger partial charge on any atom is 0.227 e. The van der Waals surface area contributed by atoms with E-state index in [2.05, 4.69) is 28.3 Å². The Morgan fingerprint density at radius 2 is 1.96 bits per heavy atom. The SMILES string of the molecule is CCN(C(=O)CCCc1nc(-c2cccs2)no1)c1cccc2ccccc12. The van der Waals surface area contributed by atoms with Gasteiger partial charge in [0.1, 0.15) is 0 Å². The average Bonchev–Trinajstić information content (AvgIpc) is 3.41. The third kappa shape index (κ3) is 3.82. The third-order valence-corrected chi connectivity index (χ3v) is 5.53. The van der Waals surface area contributed by atoms with Gasteiger partial charge >= 0.3 is 0 Å². The fourth-order valence-electron chi connectivity index (χ4n) is 3.31. The zero-order chi connectivity index (χ0) is 19.3. The largest absolute Gasteiger partial charge is 0.339 e. The Hall–Kier alpha value is -2.99. The van der Waals surface area contributed by atoms with Crippen LogP contribution in [0.3, 0.4) is 0 Å². The molecule has 2 aromatic heterocycles. The second-order valence-electron chi connectivity index (χ2n) is 6.48. The van der Waals surface area contributed by atoms with Crippen LogP contribution in [0.25, 0.3) is 21.5 Å². The number of nitrogens with zero attached hydrogens (tertiary/aromatic N) is 3. The van der Waals surface area contributed by atoms with Gasteiger partial charge < -0.3 is 9.42 Å². The van der Waals surface area contributed by atoms with Gasteiger partial charge in [0.2, 0.25) is 17.6 Å². The van der Waals surface area contributed by atoms with Crippen molar-refractivity contribution in [3.63, 3.8) is 0 Å². The van der Waals surface area contributed by atoms with Crippen LogP contribution in [-0.2, 0) is 11.2 Å². The lowest BCUT2D eigenvalue weighted by molar-refractivity contribution is -0.118. The van der Waals surface area contributed by atoms with Gasteiger partial charge in [0, 0.05) is 24.8 Å². The summed E-state index contributed by atoms with van der Waals surface area (Å²) in [6.45, 7) is 2.64. The van der Waals surface area contributed by atoms with E-state index >= 15 is 0 Å². The number of thiophene rings is 1. The molecule has 2 aromatic carbocycles. The van der Waals surface area contributed by atoms with Crippen molar-refractivity contribution in [2.75, 3.05) is 11.4 Å². The van der Waals surface area contributed by atoms with Crippen molar-refractivity contribution < 1.29 is 9.32 Å². The van der Waals surface area contributed by atoms with Crippen molar-refractivity contribution in [2.24, 2.45) is 0 Å². The summed E-state index contributed by atoms with van der Waals surface area (Å²) < 4.78 is 5.32. The highest BCUT2D eigenvalue weighted by Gasteiger charge is 2.17. The van der Waals surface area contributed by atoms with Crippen LogP contribution in [0.1, 0.15) is 25.7 Å². The maximum absolute atomic E-state index is 12.9. The molecule has 6 heteroatoms. The standard InChI is InChI=1S/C22H21N3O2S/c1-2-25(18-11-5-9-16-8-3-4-10-17(16)18)21(26)14-6-13-20-23-22(24-27-20)19-12-7-15-28-19/h3-5,7-12,15H,2,6,13-14H2,1H3. The first-order valence-corrected chi connectivity index (χ1v) is 10.3. The molecule has 0 aliphatic heterocycles. The van der Waals surface area contributed by atoms with Crippen LogP contribution in [0.15, 0.2) is 64.5 Å². The Kier molecular flexibility index (Phi) is 5.48. The summed E-state index contributed by atoms with van der Waals surface area (Å²) in [5.74, 6) is 1.29. The highest BCUT2D eigenvalue weighted by Crippen LogP contribution is 2.27. The molecule has 0 aliphatic carbocycles. The van der Waals surface area contributed by atoms with Crippen molar-refractivity contribution in [3.05, 3.63) is 65.9 Å². The Balaban J connectivity index is 1.41. The van der Waals surface area contributed by atoms with Gasteiger partial charge in [0.15, 0.2) is 0 Å². The topological polar surface area (TPSA) is 59.2 Å². The summed E-state index contributed by atoms with van der Waals surface area (Å²) >= 11 is 1.58. The Labute approximate surface area is 167 Å². The van der Waals surface area contributed by atoms with E-state index in [9.17, 15) is 4.79 Å². The number of carbonyl (C=O) groups is 1. The number of anilines is 1. The van der Waals surface area contributed by atoms with Gasteiger partial charge in [0.25, 0.3) is 0 Å². The Morgan fingerprint density at radius 1 is 1.11 bits per heavy atom. The number of aromatic nitrogens is 2. The molecule has 5 nitrogen and oxygen atoms in total. The number of hydrogen-bond acceptors (Lipinski definition) is 5. The molecule has 0 aliphatic rings. The molecule has 142 valence electrons. The molecule has 0 N–H and O–H groups in total. The Morgan fingerprint density at radius 3 is 2.79 bits per heavy atom. The lowest BCUT2D eigenvalue weighted by atomic mass is 10.1. The normalized spacial score (nSPS) is 11.0. The molecule has 0 unspecified atom stereocenters. The van der Waals surface area contributed by atoms with Crippen LogP contribution >= 0.6 is 11.3 Å². The van der Waals surface area contributed by atoms with Crippen LogP contribution in [0.5, 0.6) is 0 Å². The number of hydrogen-bond donors (Lipinski definition) is 0. The van der Waals surface area contributed by atoms with Gasteiger partial charge in [-0.05, 0) is 36.2 Å². The quantitative estimate of drug-likeness (QED) is 0.427. The van der Waals surface area contributed by atoms with E-state index < -0.39 is 0 Å². The van der Waals surface area contributed by atoms with Gasteiger partial charge in [-0.1, -0.05) is 47.6 Å². The molecular formula is C22H21N3O2S. The molecule has 0 saturated heterocycles. The Bertz CT molecular complexity index is 1070. The molecule has 0 bridgehead atoms. The summed E-state index contributed by atoms with van der Waals surface area (Å²) in [6.07, 6.45) is 1.71. The van der Waals surface area contributed by atoms with E-state index in [-0.39, 0.29) is 5.91 Å². The minimum absolute atomic E-state index is 0.108. The number of carbonyl (C=O) groups excluding carboxylic acids is 1. The van der Waals surface area contributed by atoms with Crippen molar-refractivity contribution in [1.29, 1.82) is 0 Å². The number of benzene rings is 2. The number of fused-ring (bicyclic) bond motifs is 1. The smallest absolute Gasteiger partial charge is 0.227 e. The van der Waals surface area contributed by atoms with Crippen LogP contribution < -0.4 is 4.90 Å². The fraction of sp³-hybridized carbons (Fsp3) is 0.227. The molecule has 4 rings (SSSR count). The number of rotatable bonds is 7. The summed E-state index contributed by atoms with van der Waals surface area (Å²) in [5.41, 5.74) is 0.961. The van der Waals surface area contributed by atoms with Crippen LogP contribution in [0.4, 0.5) is 5.69 Å². The monoisotopic (exact) mass is 391 g/mol. The van der Waals surface area contributed by atoms with Crippen molar-refractivity contribution >= 4 is 33.7 Å². The zero-order valence-corrected chi connectivity index (χ0v) is 16.5. The van der Waals surface area contributed by atoms with Crippen LogP contribution in [-0.4, -0.2) is 22.6 Å². The second kappa shape index (κ2) is 8.35. The first kappa shape index (κ1) is 18.4. The van der Waals surface area contributed by atoms with Crippen molar-refractivity contribution in [1.82, 2.24) is 10.1 Å². The summed E-state index contributed by atoms with van der Waals surface area (Å²) in [5, 5.41) is 8.23. The molecule has 0 radical (unpaired) electrons. The highest BCUT2D eigenvalue weighted by atomic mass is 32.1. The third-order valence-electron chi connectivity index (χ3n) is 4.67. The van der Waals surface area contributed by atoms with Gasteiger partial charge in [-0.2, -0.15) is 4.98 Å². The van der Waals surface area contributed by atoms with E-state index in [1.165, 1.54) is 0 Å². The van der Waals surface area contributed by atoms with Gasteiger partial charge in [-0.15, -0.1) is 11.3 Å². The maximum atomic E-state index is 12.9. The van der Waals surface area contributed by atoms with E-state index in [0.717, 1.165) is 21.3 Å². The first-order chi connectivity index (χ1) is 13.8. The average molecular weight is 391 g/mol. The molecular weight excluding hydrogens is 370 g/mol. The molecule has 0 saturated carbocycles. The second-order valence-corrected chi connectivity index (χ2v) is 7.43. The summed E-state index contributed by atoms with van der Waals surface area (Å²) in [4.78, 5) is 20.1. The number of amides is 1. The van der Waals surface area contributed by atoms with Crippen molar-refractivity contribution in [3.8, 4) is 10.7 Å². The van der Waals surface area contributed by atoms with Crippen LogP contribution in [0, 0.1) is 0 Å². The predicted octanol–water partition coefficient (Wildman–Crippen LogP) is 5.33. The molecule has 0 fully saturated rings. The molecule has 4 aromatic rings. The highest BCUT2D eigenvalue weighted by molar-refractivity contribution is 7.13. The molecule has 0 spiro atoms.